The quantitative estimate of drug-likeness (QED) is 0.601. The molecule has 0 N–H and O–H groups in total. The average molecular weight is 168 g/mol. The normalized spacial score (nSPS) is 29.3. The van der Waals surface area contributed by atoms with E-state index in [1.165, 1.54) is 6.26 Å². The summed E-state index contributed by atoms with van der Waals surface area (Å²) in [5.41, 5.74) is -0.0889. The van der Waals surface area contributed by atoms with Crippen LogP contribution in [0.25, 0.3) is 0 Å². The van der Waals surface area contributed by atoms with Gasteiger partial charge in [0.2, 0.25) is 0 Å². The first-order valence-electron chi connectivity index (χ1n) is 4.33. The molecule has 0 saturated carbocycles. The Morgan fingerprint density at radius 2 is 2.42 bits per heavy atom. The molecule has 0 aliphatic carbocycles. The maximum Gasteiger partial charge on any atom is 0.102 e. The summed E-state index contributed by atoms with van der Waals surface area (Å²) >= 11 is 0. The molecule has 12 heavy (non-hydrogen) atoms. The lowest BCUT2D eigenvalue weighted by atomic mass is 9.96. The van der Waals surface area contributed by atoms with Crippen molar-refractivity contribution in [2.45, 2.75) is 32.3 Å². The minimum absolute atomic E-state index is 0.0889. The summed E-state index contributed by atoms with van der Waals surface area (Å²) in [4.78, 5) is 0. The standard InChI is InChI=1S/C10H16O2/c1-4-9(11-5-2)8-10(3)6-7-12-10/h5,8H,2,4,6-7H2,1,3H3/b9-8+. The van der Waals surface area contributed by atoms with E-state index in [9.17, 15) is 0 Å². The van der Waals surface area contributed by atoms with E-state index in [1.54, 1.807) is 0 Å². The Kier molecular flexibility index (Phi) is 2.93. The van der Waals surface area contributed by atoms with Gasteiger partial charge >= 0.3 is 0 Å². The molecule has 1 aliphatic rings. The second kappa shape index (κ2) is 3.76. The van der Waals surface area contributed by atoms with Crippen LogP contribution in [-0.4, -0.2) is 12.2 Å². The number of rotatable bonds is 4. The van der Waals surface area contributed by atoms with Crippen molar-refractivity contribution in [2.24, 2.45) is 0 Å². The van der Waals surface area contributed by atoms with Crippen molar-refractivity contribution in [3.05, 3.63) is 24.7 Å². The molecule has 1 aliphatic heterocycles. The Morgan fingerprint density at radius 1 is 1.75 bits per heavy atom. The summed E-state index contributed by atoms with van der Waals surface area (Å²) in [6, 6.07) is 0. The maximum absolute atomic E-state index is 5.41. The van der Waals surface area contributed by atoms with Gasteiger partial charge in [-0.05, 0) is 13.0 Å². The van der Waals surface area contributed by atoms with Crippen LogP contribution in [0.5, 0.6) is 0 Å². The fourth-order valence-electron chi connectivity index (χ4n) is 1.20. The number of hydrogen-bond acceptors (Lipinski definition) is 2. The van der Waals surface area contributed by atoms with Crippen molar-refractivity contribution in [3.63, 3.8) is 0 Å². The number of allylic oxidation sites excluding steroid dienone is 1. The van der Waals surface area contributed by atoms with E-state index < -0.39 is 0 Å². The Hall–Kier alpha value is -0.760. The summed E-state index contributed by atoms with van der Waals surface area (Å²) in [7, 11) is 0. The largest absolute Gasteiger partial charge is 0.470 e. The zero-order valence-corrected chi connectivity index (χ0v) is 7.80. The van der Waals surface area contributed by atoms with Gasteiger partial charge in [-0.2, -0.15) is 0 Å². The topological polar surface area (TPSA) is 18.5 Å². The molecule has 1 rings (SSSR count). The van der Waals surface area contributed by atoms with Crippen LogP contribution >= 0.6 is 0 Å². The van der Waals surface area contributed by atoms with Crippen LogP contribution in [0.15, 0.2) is 24.7 Å². The summed E-state index contributed by atoms with van der Waals surface area (Å²) in [6.45, 7) is 8.50. The Balaban J connectivity index is 2.55. The molecular formula is C10H16O2. The zero-order valence-electron chi connectivity index (χ0n) is 7.80. The molecule has 1 heterocycles. The molecule has 0 aromatic heterocycles. The molecule has 0 bridgehead atoms. The van der Waals surface area contributed by atoms with E-state index in [0.717, 1.165) is 25.2 Å². The van der Waals surface area contributed by atoms with E-state index in [2.05, 4.69) is 20.4 Å². The highest BCUT2D eigenvalue weighted by molar-refractivity contribution is 5.08. The second-order valence-corrected chi connectivity index (χ2v) is 3.16. The van der Waals surface area contributed by atoms with Crippen LogP contribution < -0.4 is 0 Å². The van der Waals surface area contributed by atoms with E-state index >= 15 is 0 Å². The van der Waals surface area contributed by atoms with Gasteiger partial charge in [0.05, 0.1) is 18.5 Å². The molecule has 1 saturated heterocycles. The lowest BCUT2D eigenvalue weighted by Gasteiger charge is -2.36. The molecule has 2 heteroatoms. The molecule has 1 fully saturated rings. The van der Waals surface area contributed by atoms with Crippen molar-refractivity contribution in [1.29, 1.82) is 0 Å². The molecule has 1 atom stereocenters. The van der Waals surface area contributed by atoms with Crippen LogP contribution in [0, 0.1) is 0 Å². The molecule has 0 aromatic rings. The first-order chi connectivity index (χ1) is 5.70. The molecule has 68 valence electrons. The second-order valence-electron chi connectivity index (χ2n) is 3.16. The van der Waals surface area contributed by atoms with Gasteiger partial charge in [-0.3, -0.25) is 0 Å². The Bertz CT molecular complexity index is 190. The van der Waals surface area contributed by atoms with Gasteiger partial charge in [0.1, 0.15) is 5.76 Å². The van der Waals surface area contributed by atoms with E-state index in [1.807, 2.05) is 6.08 Å². The third kappa shape index (κ3) is 2.11. The van der Waals surface area contributed by atoms with Gasteiger partial charge in [0, 0.05) is 12.8 Å². The van der Waals surface area contributed by atoms with E-state index in [-0.39, 0.29) is 5.60 Å². The lowest BCUT2D eigenvalue weighted by Crippen LogP contribution is -2.38. The van der Waals surface area contributed by atoms with Crippen LogP contribution in [0.3, 0.4) is 0 Å². The molecular weight excluding hydrogens is 152 g/mol. The monoisotopic (exact) mass is 168 g/mol. The van der Waals surface area contributed by atoms with Gasteiger partial charge in [0.15, 0.2) is 0 Å². The fourth-order valence-corrected chi connectivity index (χ4v) is 1.20. The Morgan fingerprint density at radius 3 is 2.75 bits per heavy atom. The smallest absolute Gasteiger partial charge is 0.102 e. The van der Waals surface area contributed by atoms with Crippen molar-refractivity contribution >= 4 is 0 Å². The van der Waals surface area contributed by atoms with Crippen molar-refractivity contribution in [1.82, 2.24) is 0 Å². The minimum Gasteiger partial charge on any atom is -0.470 e. The van der Waals surface area contributed by atoms with Gasteiger partial charge in [-0.25, -0.2) is 0 Å². The molecule has 0 spiro atoms. The van der Waals surface area contributed by atoms with Gasteiger partial charge < -0.3 is 9.47 Å². The van der Waals surface area contributed by atoms with Crippen LogP contribution in [0.2, 0.25) is 0 Å². The maximum atomic E-state index is 5.41. The summed E-state index contributed by atoms with van der Waals surface area (Å²) in [5.74, 6) is 0.937. The predicted octanol–water partition coefficient (Wildman–Crippen LogP) is 2.62. The Labute approximate surface area is 73.9 Å². The molecule has 2 nitrogen and oxygen atoms in total. The van der Waals surface area contributed by atoms with Crippen molar-refractivity contribution < 1.29 is 9.47 Å². The highest BCUT2D eigenvalue weighted by Gasteiger charge is 2.31. The first kappa shape index (κ1) is 9.33. The zero-order chi connectivity index (χ0) is 9.03. The first-order valence-corrected chi connectivity index (χ1v) is 4.33. The minimum atomic E-state index is -0.0889. The van der Waals surface area contributed by atoms with Crippen LogP contribution in [0.1, 0.15) is 26.7 Å². The fraction of sp³-hybridized carbons (Fsp3) is 0.600. The van der Waals surface area contributed by atoms with E-state index in [4.69, 9.17) is 9.47 Å². The summed E-state index contributed by atoms with van der Waals surface area (Å²) < 4.78 is 10.6. The number of hydrogen-bond donors (Lipinski definition) is 0. The SMILES string of the molecule is C=CO/C(=C/C1(C)CCO1)CC. The van der Waals surface area contributed by atoms with Crippen LogP contribution in [-0.2, 0) is 9.47 Å². The summed E-state index contributed by atoms with van der Waals surface area (Å²) in [6.07, 6.45) is 5.46. The van der Waals surface area contributed by atoms with Crippen molar-refractivity contribution in [3.8, 4) is 0 Å². The third-order valence-electron chi connectivity index (χ3n) is 2.08. The molecule has 0 amide bonds. The van der Waals surface area contributed by atoms with Gasteiger partial charge in [-0.15, -0.1) is 0 Å². The highest BCUT2D eigenvalue weighted by Crippen LogP contribution is 2.29. The average Bonchev–Trinajstić information content (AvgIpc) is 2.01. The lowest BCUT2D eigenvalue weighted by molar-refractivity contribution is -0.100. The van der Waals surface area contributed by atoms with Crippen LogP contribution in [0.4, 0.5) is 0 Å². The van der Waals surface area contributed by atoms with Gasteiger partial charge in [0.25, 0.3) is 0 Å². The van der Waals surface area contributed by atoms with Gasteiger partial charge in [-0.1, -0.05) is 13.5 Å². The highest BCUT2D eigenvalue weighted by atomic mass is 16.5. The molecule has 0 aromatic carbocycles. The third-order valence-corrected chi connectivity index (χ3v) is 2.08. The van der Waals surface area contributed by atoms with E-state index in [0.29, 0.717) is 0 Å². The molecule has 1 unspecified atom stereocenters. The number of ether oxygens (including phenoxy) is 2. The summed E-state index contributed by atoms with van der Waals surface area (Å²) in [5, 5.41) is 0. The predicted molar refractivity (Wildman–Crippen MR) is 48.6 cm³/mol. The molecule has 0 radical (unpaired) electrons. The van der Waals surface area contributed by atoms with Crippen molar-refractivity contribution in [2.75, 3.05) is 6.61 Å².